The number of hydrogen-bond donors (Lipinski definition) is 0. The van der Waals surface area contributed by atoms with Crippen molar-refractivity contribution in [1.82, 2.24) is 4.98 Å². The largest absolute Gasteiger partial charge is 0.423 e. The second kappa shape index (κ2) is 8.19. The minimum Gasteiger partial charge on any atom is -0.423 e. The van der Waals surface area contributed by atoms with Gasteiger partial charge in [-0.3, -0.25) is 0 Å². The molecule has 0 fully saturated rings. The zero-order valence-electron chi connectivity index (χ0n) is 19.0. The maximum absolute atomic E-state index is 13.4. The van der Waals surface area contributed by atoms with Crippen LogP contribution in [0.25, 0.3) is 22.2 Å². The molecule has 32 heavy (non-hydrogen) atoms. The number of aromatic nitrogens is 1. The third kappa shape index (κ3) is 4.40. The van der Waals surface area contributed by atoms with Crippen LogP contribution in [0.15, 0.2) is 66.7 Å². The van der Waals surface area contributed by atoms with E-state index < -0.39 is 5.97 Å². The Morgan fingerprint density at radius 1 is 0.906 bits per heavy atom. The first-order chi connectivity index (χ1) is 15.1. The Bertz CT molecular complexity index is 1300. The van der Waals surface area contributed by atoms with E-state index in [1.165, 1.54) is 12.1 Å². The van der Waals surface area contributed by atoms with Crippen LogP contribution >= 0.6 is 0 Å². The summed E-state index contributed by atoms with van der Waals surface area (Å²) in [5.74, 6) is -0.283. The Labute approximate surface area is 187 Å². The van der Waals surface area contributed by atoms with Gasteiger partial charge in [-0.2, -0.15) is 0 Å². The number of carbonyl (C=O) groups is 1. The topological polar surface area (TPSA) is 39.2 Å². The number of hydrogen-bond acceptors (Lipinski definition) is 3. The maximum atomic E-state index is 13.4. The number of benzene rings is 3. The number of ether oxygens (including phenoxy) is 1. The molecule has 0 spiro atoms. The van der Waals surface area contributed by atoms with Crippen molar-refractivity contribution in [3.8, 4) is 17.0 Å². The molecule has 0 radical (unpaired) electrons. The Kier molecular flexibility index (Phi) is 5.55. The van der Waals surface area contributed by atoms with Crippen LogP contribution < -0.4 is 4.74 Å². The second-order valence-corrected chi connectivity index (χ2v) is 9.20. The lowest BCUT2D eigenvalue weighted by Gasteiger charge is -2.19. The predicted molar refractivity (Wildman–Crippen MR) is 127 cm³/mol. The van der Waals surface area contributed by atoms with Gasteiger partial charge in [-0.15, -0.1) is 0 Å². The number of nitrogens with zero attached hydrogens (tertiary/aromatic N) is 1. The maximum Gasteiger partial charge on any atom is 0.344 e. The van der Waals surface area contributed by atoms with Gasteiger partial charge in [-0.1, -0.05) is 44.5 Å². The molecule has 0 aliphatic heterocycles. The molecular weight excluding hydrogens is 401 g/mol. The van der Waals surface area contributed by atoms with Crippen LogP contribution in [0.2, 0.25) is 0 Å². The van der Waals surface area contributed by atoms with Crippen molar-refractivity contribution in [3.05, 3.63) is 94.8 Å². The van der Waals surface area contributed by atoms with Gasteiger partial charge in [0.05, 0.1) is 16.8 Å². The Hall–Kier alpha value is -3.53. The number of rotatable bonds is 3. The van der Waals surface area contributed by atoms with E-state index in [4.69, 9.17) is 9.72 Å². The number of carbonyl (C=O) groups excluding carboxylic acids is 1. The molecule has 0 atom stereocenters. The van der Waals surface area contributed by atoms with Crippen LogP contribution in [0.4, 0.5) is 4.39 Å². The highest BCUT2D eigenvalue weighted by Crippen LogP contribution is 2.30. The van der Waals surface area contributed by atoms with Crippen LogP contribution in [-0.4, -0.2) is 11.0 Å². The summed E-state index contributed by atoms with van der Waals surface area (Å²) < 4.78 is 19.2. The normalized spacial score (nSPS) is 11.6. The van der Waals surface area contributed by atoms with Crippen molar-refractivity contribution in [2.45, 2.75) is 40.0 Å². The van der Waals surface area contributed by atoms with Crippen molar-refractivity contribution in [3.63, 3.8) is 0 Å². The summed E-state index contributed by atoms with van der Waals surface area (Å²) in [6.07, 6.45) is 0. The summed E-state index contributed by atoms with van der Waals surface area (Å²) in [5.41, 5.74) is 5.67. The molecule has 162 valence electrons. The average molecular weight is 428 g/mol. The quantitative estimate of drug-likeness (QED) is 0.257. The van der Waals surface area contributed by atoms with Gasteiger partial charge in [0.1, 0.15) is 11.6 Å². The van der Waals surface area contributed by atoms with Gasteiger partial charge >= 0.3 is 5.97 Å². The Balaban J connectivity index is 1.79. The first-order valence-corrected chi connectivity index (χ1v) is 10.6. The van der Waals surface area contributed by atoms with Crippen LogP contribution in [0, 0.1) is 19.7 Å². The molecule has 0 unspecified atom stereocenters. The summed E-state index contributed by atoms with van der Waals surface area (Å²) in [6, 6.07) is 19.4. The van der Waals surface area contributed by atoms with Gasteiger partial charge in [0.25, 0.3) is 0 Å². The van der Waals surface area contributed by atoms with Crippen LogP contribution in [0.5, 0.6) is 5.75 Å². The molecule has 0 bridgehead atoms. The summed E-state index contributed by atoms with van der Waals surface area (Å²) in [5, 5.41) is 0.740. The third-order valence-corrected chi connectivity index (χ3v) is 5.54. The number of pyridine rings is 1. The van der Waals surface area contributed by atoms with Crippen molar-refractivity contribution in [2.75, 3.05) is 0 Å². The van der Waals surface area contributed by atoms with E-state index in [2.05, 4.69) is 20.8 Å². The standard InChI is InChI=1S/C28H26FNO2/c1-17-14-18(2)26-23(15-17)24(16-25(30-26)19-6-10-21(29)11-7-19)27(31)32-22-12-8-20(9-13-22)28(3,4)5/h6-16H,1-5H3. The minimum atomic E-state index is -0.450. The zero-order chi connectivity index (χ0) is 23.0. The molecular formula is C28H26FNO2. The van der Waals surface area contributed by atoms with Gasteiger partial charge in [0.2, 0.25) is 0 Å². The van der Waals surface area contributed by atoms with Gasteiger partial charge in [-0.25, -0.2) is 14.2 Å². The summed E-state index contributed by atoms with van der Waals surface area (Å²) in [7, 11) is 0. The molecule has 4 rings (SSSR count). The van der Waals surface area contributed by atoms with Gasteiger partial charge in [-0.05, 0) is 78.9 Å². The Morgan fingerprint density at radius 3 is 2.19 bits per heavy atom. The SMILES string of the molecule is Cc1cc(C)c2nc(-c3ccc(F)cc3)cc(C(=O)Oc3ccc(C(C)(C)C)cc3)c2c1. The highest BCUT2D eigenvalue weighted by Gasteiger charge is 2.19. The molecule has 1 heterocycles. The molecule has 0 aliphatic carbocycles. The van der Waals surface area contributed by atoms with Crippen molar-refractivity contribution >= 4 is 16.9 Å². The highest BCUT2D eigenvalue weighted by atomic mass is 19.1. The number of esters is 1. The van der Waals surface area contributed by atoms with E-state index in [0.29, 0.717) is 17.0 Å². The summed E-state index contributed by atoms with van der Waals surface area (Å²) >= 11 is 0. The smallest absolute Gasteiger partial charge is 0.344 e. The van der Waals surface area contributed by atoms with E-state index >= 15 is 0 Å². The molecule has 0 N–H and O–H groups in total. The molecule has 4 heteroatoms. The predicted octanol–water partition coefficient (Wildman–Crippen LogP) is 7.17. The highest BCUT2D eigenvalue weighted by molar-refractivity contribution is 6.06. The van der Waals surface area contributed by atoms with Crippen molar-refractivity contribution in [2.24, 2.45) is 0 Å². The average Bonchev–Trinajstić information content (AvgIpc) is 2.73. The lowest BCUT2D eigenvalue weighted by Crippen LogP contribution is -2.12. The van der Waals surface area contributed by atoms with Crippen LogP contribution in [0.3, 0.4) is 0 Å². The first-order valence-electron chi connectivity index (χ1n) is 10.6. The molecule has 1 aromatic heterocycles. The molecule has 3 nitrogen and oxygen atoms in total. The number of fused-ring (bicyclic) bond motifs is 1. The second-order valence-electron chi connectivity index (χ2n) is 9.20. The third-order valence-electron chi connectivity index (χ3n) is 5.54. The summed E-state index contributed by atoms with van der Waals surface area (Å²) in [4.78, 5) is 18.0. The van der Waals surface area contributed by atoms with Crippen LogP contribution in [-0.2, 0) is 5.41 Å². The minimum absolute atomic E-state index is 0.0168. The van der Waals surface area contributed by atoms with Gasteiger partial charge < -0.3 is 4.74 Å². The van der Waals surface area contributed by atoms with Crippen molar-refractivity contribution < 1.29 is 13.9 Å². The van der Waals surface area contributed by atoms with Crippen LogP contribution in [0.1, 0.15) is 47.8 Å². The van der Waals surface area contributed by atoms with E-state index in [1.807, 2.05) is 50.2 Å². The zero-order valence-corrected chi connectivity index (χ0v) is 19.0. The first kappa shape index (κ1) is 21.7. The van der Waals surface area contributed by atoms with Gasteiger partial charge in [0, 0.05) is 10.9 Å². The Morgan fingerprint density at radius 2 is 1.56 bits per heavy atom. The molecule has 0 saturated carbocycles. The molecule has 3 aromatic carbocycles. The lowest BCUT2D eigenvalue weighted by molar-refractivity contribution is 0.0737. The fourth-order valence-corrected chi connectivity index (χ4v) is 3.80. The fraction of sp³-hybridized carbons (Fsp3) is 0.214. The molecule has 0 saturated heterocycles. The monoisotopic (exact) mass is 427 g/mol. The molecule has 0 amide bonds. The summed E-state index contributed by atoms with van der Waals surface area (Å²) in [6.45, 7) is 10.4. The number of aryl methyl sites for hydroxylation is 2. The van der Waals surface area contributed by atoms with E-state index in [9.17, 15) is 9.18 Å². The fourth-order valence-electron chi connectivity index (χ4n) is 3.80. The van der Waals surface area contributed by atoms with Crippen molar-refractivity contribution in [1.29, 1.82) is 0 Å². The lowest BCUT2D eigenvalue weighted by atomic mass is 9.87. The van der Waals surface area contributed by atoms with E-state index in [0.717, 1.165) is 33.2 Å². The molecule has 0 aliphatic rings. The molecule has 4 aromatic rings. The van der Waals surface area contributed by atoms with Gasteiger partial charge in [0.15, 0.2) is 0 Å². The van der Waals surface area contributed by atoms with E-state index in [1.54, 1.807) is 18.2 Å². The number of halogens is 1. The van der Waals surface area contributed by atoms with E-state index in [-0.39, 0.29) is 11.2 Å².